The maximum absolute atomic E-state index is 6.17. The standard InChI is InChI=1S/C10H12N4/c1-6-13-8-7(10(11)3-4-10)2-5-12-9(8)14-6/h2,5H,3-4,11H2,1H3,(H,12,13,14). The summed E-state index contributed by atoms with van der Waals surface area (Å²) in [5.41, 5.74) is 8.98. The summed E-state index contributed by atoms with van der Waals surface area (Å²) in [6.45, 7) is 1.93. The third kappa shape index (κ3) is 0.974. The molecule has 2 aromatic heterocycles. The smallest absolute Gasteiger partial charge is 0.178 e. The van der Waals surface area contributed by atoms with Gasteiger partial charge in [0.05, 0.1) is 5.52 Å². The lowest BCUT2D eigenvalue weighted by atomic mass is 10.1. The largest absolute Gasteiger partial charge is 0.341 e. The van der Waals surface area contributed by atoms with Crippen LogP contribution in [0.4, 0.5) is 0 Å². The molecule has 0 bridgehead atoms. The van der Waals surface area contributed by atoms with Gasteiger partial charge < -0.3 is 10.7 Å². The Kier molecular flexibility index (Phi) is 1.32. The van der Waals surface area contributed by atoms with Crippen LogP contribution in [0.1, 0.15) is 24.2 Å². The van der Waals surface area contributed by atoms with E-state index in [0.29, 0.717) is 0 Å². The molecule has 1 fully saturated rings. The van der Waals surface area contributed by atoms with Crippen molar-refractivity contribution in [3.8, 4) is 0 Å². The second-order valence-electron chi connectivity index (χ2n) is 4.04. The predicted octanol–water partition coefficient (Wildman–Crippen LogP) is 1.21. The molecule has 72 valence electrons. The average molecular weight is 188 g/mol. The SMILES string of the molecule is Cc1nc2nccc(C3(N)CC3)c2[nH]1. The van der Waals surface area contributed by atoms with Crippen LogP contribution in [0.2, 0.25) is 0 Å². The fourth-order valence-electron chi connectivity index (χ4n) is 1.85. The van der Waals surface area contributed by atoms with Gasteiger partial charge in [0.15, 0.2) is 5.65 Å². The van der Waals surface area contributed by atoms with Crippen LogP contribution in [0.3, 0.4) is 0 Å². The van der Waals surface area contributed by atoms with Crippen LogP contribution in [0.5, 0.6) is 0 Å². The number of nitrogens with one attached hydrogen (secondary N) is 1. The molecule has 0 saturated heterocycles. The number of H-pyrrole nitrogens is 1. The number of pyridine rings is 1. The lowest BCUT2D eigenvalue weighted by molar-refractivity contribution is 0.745. The van der Waals surface area contributed by atoms with Gasteiger partial charge in [0, 0.05) is 17.3 Å². The van der Waals surface area contributed by atoms with E-state index in [1.54, 1.807) is 6.20 Å². The molecule has 14 heavy (non-hydrogen) atoms. The van der Waals surface area contributed by atoms with Crippen molar-refractivity contribution in [2.24, 2.45) is 5.73 Å². The van der Waals surface area contributed by atoms with E-state index in [1.165, 1.54) is 0 Å². The molecule has 0 aliphatic heterocycles. The molecule has 2 heterocycles. The zero-order chi connectivity index (χ0) is 9.76. The van der Waals surface area contributed by atoms with Crippen LogP contribution in [-0.2, 0) is 5.54 Å². The van der Waals surface area contributed by atoms with Crippen LogP contribution in [-0.4, -0.2) is 15.0 Å². The van der Waals surface area contributed by atoms with Gasteiger partial charge in [-0.3, -0.25) is 0 Å². The summed E-state index contributed by atoms with van der Waals surface area (Å²) < 4.78 is 0. The van der Waals surface area contributed by atoms with Crippen LogP contribution in [0, 0.1) is 6.92 Å². The lowest BCUT2D eigenvalue weighted by Gasteiger charge is -2.08. The van der Waals surface area contributed by atoms with Gasteiger partial charge in [-0.1, -0.05) is 0 Å². The molecule has 0 unspecified atom stereocenters. The van der Waals surface area contributed by atoms with Gasteiger partial charge in [-0.2, -0.15) is 0 Å². The average Bonchev–Trinajstić information content (AvgIpc) is 2.78. The lowest BCUT2D eigenvalue weighted by Crippen LogP contribution is -2.19. The van der Waals surface area contributed by atoms with Crippen molar-refractivity contribution >= 4 is 11.2 Å². The maximum Gasteiger partial charge on any atom is 0.178 e. The highest BCUT2D eigenvalue weighted by atomic mass is 15.0. The summed E-state index contributed by atoms with van der Waals surface area (Å²) in [6, 6.07) is 1.99. The molecule has 0 atom stereocenters. The quantitative estimate of drug-likeness (QED) is 0.707. The number of imidazole rings is 1. The molecule has 0 spiro atoms. The molecule has 4 nitrogen and oxygen atoms in total. The molecule has 0 amide bonds. The molecular formula is C10H12N4. The van der Waals surface area contributed by atoms with Crippen molar-refractivity contribution in [1.29, 1.82) is 0 Å². The monoisotopic (exact) mass is 188 g/mol. The zero-order valence-corrected chi connectivity index (χ0v) is 8.04. The Labute approximate surface area is 81.6 Å². The molecule has 0 radical (unpaired) electrons. The number of rotatable bonds is 1. The van der Waals surface area contributed by atoms with E-state index in [0.717, 1.165) is 35.4 Å². The molecular weight excluding hydrogens is 176 g/mol. The van der Waals surface area contributed by atoms with E-state index in [9.17, 15) is 0 Å². The van der Waals surface area contributed by atoms with Crippen LogP contribution in [0.15, 0.2) is 12.3 Å². The van der Waals surface area contributed by atoms with Crippen molar-refractivity contribution in [3.63, 3.8) is 0 Å². The molecule has 1 saturated carbocycles. The van der Waals surface area contributed by atoms with Gasteiger partial charge in [0.25, 0.3) is 0 Å². The number of aromatic amines is 1. The van der Waals surface area contributed by atoms with Crippen LogP contribution in [0.25, 0.3) is 11.2 Å². The third-order valence-corrected chi connectivity index (χ3v) is 2.84. The molecule has 2 aromatic rings. The van der Waals surface area contributed by atoms with Crippen LogP contribution < -0.4 is 5.73 Å². The number of hydrogen-bond acceptors (Lipinski definition) is 3. The van der Waals surface area contributed by atoms with E-state index in [-0.39, 0.29) is 5.54 Å². The Hall–Kier alpha value is -1.42. The Morgan fingerprint density at radius 2 is 2.29 bits per heavy atom. The Balaban J connectivity index is 2.32. The number of nitrogens with two attached hydrogens (primary N) is 1. The Morgan fingerprint density at radius 1 is 1.50 bits per heavy atom. The molecule has 3 N–H and O–H groups in total. The predicted molar refractivity (Wildman–Crippen MR) is 53.7 cm³/mol. The third-order valence-electron chi connectivity index (χ3n) is 2.84. The van der Waals surface area contributed by atoms with Crippen molar-refractivity contribution in [1.82, 2.24) is 15.0 Å². The van der Waals surface area contributed by atoms with Gasteiger partial charge in [-0.05, 0) is 25.8 Å². The van der Waals surface area contributed by atoms with Crippen molar-refractivity contribution in [2.75, 3.05) is 0 Å². The normalized spacial score (nSPS) is 18.7. The van der Waals surface area contributed by atoms with Gasteiger partial charge in [-0.25, -0.2) is 9.97 Å². The second-order valence-corrected chi connectivity index (χ2v) is 4.04. The summed E-state index contributed by atoms with van der Waals surface area (Å²) in [5, 5.41) is 0. The molecule has 4 heteroatoms. The highest BCUT2D eigenvalue weighted by molar-refractivity contribution is 5.76. The van der Waals surface area contributed by atoms with Crippen molar-refractivity contribution in [3.05, 3.63) is 23.7 Å². The van der Waals surface area contributed by atoms with Gasteiger partial charge in [-0.15, -0.1) is 0 Å². The molecule has 3 rings (SSSR count). The summed E-state index contributed by atoms with van der Waals surface area (Å²) in [7, 11) is 0. The van der Waals surface area contributed by atoms with E-state index < -0.39 is 0 Å². The number of aromatic nitrogens is 3. The maximum atomic E-state index is 6.17. The van der Waals surface area contributed by atoms with E-state index >= 15 is 0 Å². The molecule has 0 aromatic carbocycles. The fourth-order valence-corrected chi connectivity index (χ4v) is 1.85. The first-order valence-electron chi connectivity index (χ1n) is 4.80. The highest BCUT2D eigenvalue weighted by Gasteiger charge is 2.41. The minimum absolute atomic E-state index is 0.125. The number of fused-ring (bicyclic) bond motifs is 1. The van der Waals surface area contributed by atoms with E-state index in [1.807, 2.05) is 13.0 Å². The van der Waals surface area contributed by atoms with Crippen molar-refractivity contribution < 1.29 is 0 Å². The first-order chi connectivity index (χ1) is 6.69. The minimum Gasteiger partial charge on any atom is -0.341 e. The molecule has 1 aliphatic rings. The Morgan fingerprint density at radius 3 is 3.00 bits per heavy atom. The first-order valence-corrected chi connectivity index (χ1v) is 4.80. The van der Waals surface area contributed by atoms with Gasteiger partial charge in [0.1, 0.15) is 5.82 Å². The summed E-state index contributed by atoms with van der Waals surface area (Å²) in [4.78, 5) is 11.7. The van der Waals surface area contributed by atoms with Gasteiger partial charge >= 0.3 is 0 Å². The topological polar surface area (TPSA) is 67.6 Å². The summed E-state index contributed by atoms with van der Waals surface area (Å²) >= 11 is 0. The molecule has 1 aliphatic carbocycles. The van der Waals surface area contributed by atoms with E-state index in [4.69, 9.17) is 5.73 Å². The highest BCUT2D eigenvalue weighted by Crippen LogP contribution is 2.44. The van der Waals surface area contributed by atoms with Crippen molar-refractivity contribution in [2.45, 2.75) is 25.3 Å². The van der Waals surface area contributed by atoms with Gasteiger partial charge in [0.2, 0.25) is 0 Å². The number of nitrogens with zero attached hydrogens (tertiary/aromatic N) is 2. The summed E-state index contributed by atoms with van der Waals surface area (Å²) in [5.74, 6) is 0.893. The first kappa shape index (κ1) is 7.94. The number of hydrogen-bond donors (Lipinski definition) is 2. The number of aryl methyl sites for hydroxylation is 1. The second kappa shape index (κ2) is 2.33. The summed E-state index contributed by atoms with van der Waals surface area (Å²) in [6.07, 6.45) is 3.90. The minimum atomic E-state index is -0.125. The van der Waals surface area contributed by atoms with Crippen LogP contribution >= 0.6 is 0 Å². The fraction of sp³-hybridized carbons (Fsp3) is 0.400. The zero-order valence-electron chi connectivity index (χ0n) is 8.04. The van der Waals surface area contributed by atoms with E-state index in [2.05, 4.69) is 15.0 Å². The Bertz CT molecular complexity index is 496.